The normalized spacial score (nSPS) is 16.3. The smallest absolute Gasteiger partial charge is 0.264 e. The molecule has 1 aromatic heterocycles. The van der Waals surface area contributed by atoms with Gasteiger partial charge in [-0.15, -0.1) is 0 Å². The molecule has 2 aliphatic heterocycles. The van der Waals surface area contributed by atoms with E-state index in [4.69, 9.17) is 4.74 Å². The van der Waals surface area contributed by atoms with Gasteiger partial charge in [0.15, 0.2) is 12.4 Å². The Balaban J connectivity index is 1.37. The summed E-state index contributed by atoms with van der Waals surface area (Å²) in [5.74, 6) is 0.345. The summed E-state index contributed by atoms with van der Waals surface area (Å²) in [4.78, 5) is 39.9. The van der Waals surface area contributed by atoms with Crippen LogP contribution in [0.2, 0.25) is 0 Å². The van der Waals surface area contributed by atoms with Crippen LogP contribution >= 0.6 is 0 Å². The number of likely N-dealkylation sites (N-methyl/N-ethyl adjacent to an activating group) is 1. The second kappa shape index (κ2) is 6.99. The van der Waals surface area contributed by atoms with Gasteiger partial charge in [0.25, 0.3) is 11.8 Å². The first-order valence-corrected chi connectivity index (χ1v) is 9.13. The zero-order valence-electron chi connectivity index (χ0n) is 15.7. The predicted molar refractivity (Wildman–Crippen MR) is 101 cm³/mol. The third kappa shape index (κ3) is 3.19. The lowest BCUT2D eigenvalue weighted by Gasteiger charge is -2.38. The maximum absolute atomic E-state index is 12.7. The van der Waals surface area contributed by atoms with E-state index in [1.54, 1.807) is 47.1 Å². The molecule has 28 heavy (non-hydrogen) atoms. The summed E-state index contributed by atoms with van der Waals surface area (Å²) in [5.41, 5.74) is 1.04. The Morgan fingerprint density at radius 1 is 1.29 bits per heavy atom. The van der Waals surface area contributed by atoms with Crippen molar-refractivity contribution in [3.8, 4) is 5.75 Å². The molecule has 146 valence electrons. The Bertz CT molecular complexity index is 948. The van der Waals surface area contributed by atoms with Gasteiger partial charge in [0.05, 0.1) is 11.6 Å². The molecule has 2 aliphatic rings. The van der Waals surface area contributed by atoms with Gasteiger partial charge in [-0.25, -0.2) is 0 Å². The van der Waals surface area contributed by atoms with E-state index in [2.05, 4.69) is 10.4 Å². The van der Waals surface area contributed by atoms with Crippen LogP contribution in [-0.4, -0.2) is 59.1 Å². The molecule has 1 N–H and O–H groups in total. The van der Waals surface area contributed by atoms with Gasteiger partial charge in [-0.05, 0) is 25.1 Å². The number of nitrogens with one attached hydrogen (secondary N) is 1. The molecular formula is C19H21N5O4. The lowest BCUT2D eigenvalue weighted by atomic mass is 9.97. The Labute approximate surface area is 161 Å². The van der Waals surface area contributed by atoms with Crippen LogP contribution in [0.15, 0.2) is 30.5 Å². The first kappa shape index (κ1) is 18.0. The molecule has 1 aromatic carbocycles. The third-order valence-corrected chi connectivity index (χ3v) is 5.05. The fourth-order valence-electron chi connectivity index (χ4n) is 3.23. The van der Waals surface area contributed by atoms with Crippen molar-refractivity contribution < 1.29 is 19.1 Å². The average Bonchev–Trinajstić information content (AvgIpc) is 3.10. The van der Waals surface area contributed by atoms with Crippen molar-refractivity contribution in [3.63, 3.8) is 0 Å². The molecule has 1 fully saturated rings. The summed E-state index contributed by atoms with van der Waals surface area (Å²) in [6.45, 7) is 3.39. The van der Waals surface area contributed by atoms with E-state index in [1.807, 2.05) is 6.92 Å². The number of hydrogen-bond acceptors (Lipinski definition) is 5. The fourth-order valence-corrected chi connectivity index (χ4v) is 3.23. The van der Waals surface area contributed by atoms with Crippen molar-refractivity contribution in [3.05, 3.63) is 36.0 Å². The average molecular weight is 383 g/mol. The molecule has 0 bridgehead atoms. The van der Waals surface area contributed by atoms with Crippen molar-refractivity contribution in [2.45, 2.75) is 13.5 Å². The minimum Gasteiger partial charge on any atom is -0.482 e. The summed E-state index contributed by atoms with van der Waals surface area (Å²) in [6, 6.07) is 6.77. The topological polar surface area (TPSA) is 96.8 Å². The number of amides is 3. The monoisotopic (exact) mass is 383 g/mol. The Hall–Kier alpha value is -3.36. The number of rotatable bonds is 4. The number of aryl methyl sites for hydroxylation is 1. The minimum atomic E-state index is -0.263. The molecule has 9 nitrogen and oxygen atoms in total. The van der Waals surface area contributed by atoms with Gasteiger partial charge in [0.2, 0.25) is 5.91 Å². The van der Waals surface area contributed by atoms with Crippen LogP contribution in [0.3, 0.4) is 0 Å². The van der Waals surface area contributed by atoms with Gasteiger partial charge in [0.1, 0.15) is 5.75 Å². The van der Waals surface area contributed by atoms with Gasteiger partial charge < -0.3 is 19.9 Å². The number of carbonyl (C=O) groups is 3. The summed E-state index contributed by atoms with van der Waals surface area (Å²) in [6.07, 6.45) is 1.80. The molecule has 3 heterocycles. The number of carbonyl (C=O) groups excluding carboxylic acids is 3. The highest BCUT2D eigenvalue weighted by Gasteiger charge is 2.36. The third-order valence-electron chi connectivity index (χ3n) is 5.05. The summed E-state index contributed by atoms with van der Waals surface area (Å²) in [7, 11) is 1.65. The van der Waals surface area contributed by atoms with E-state index < -0.39 is 0 Å². The van der Waals surface area contributed by atoms with Gasteiger partial charge in [-0.3, -0.25) is 19.1 Å². The first-order chi connectivity index (χ1) is 13.5. The van der Waals surface area contributed by atoms with Gasteiger partial charge in [0, 0.05) is 44.5 Å². The predicted octanol–water partition coefficient (Wildman–Crippen LogP) is 0.969. The molecule has 0 unspecified atom stereocenters. The van der Waals surface area contributed by atoms with Crippen LogP contribution in [-0.2, 0) is 16.1 Å². The van der Waals surface area contributed by atoms with Crippen LogP contribution in [0.5, 0.6) is 5.75 Å². The maximum Gasteiger partial charge on any atom is 0.264 e. The molecule has 0 saturated carbocycles. The van der Waals surface area contributed by atoms with E-state index in [0.717, 1.165) is 6.54 Å². The molecule has 4 rings (SSSR count). The fraction of sp³-hybridized carbons (Fsp3) is 0.368. The second-order valence-corrected chi connectivity index (χ2v) is 6.88. The highest BCUT2D eigenvalue weighted by molar-refractivity contribution is 6.02. The Morgan fingerprint density at radius 3 is 2.79 bits per heavy atom. The standard InChI is InChI=1S/C19H21N5O4/c1-3-24-7-6-16(21-24)20-18(26)13-9-23(10-13)19(27)12-4-5-15-14(8-12)22(2)17(25)11-28-15/h4-8,13H,3,9-11H2,1-2H3,(H,20,21,26). The van der Waals surface area contributed by atoms with Gasteiger partial charge in [-0.1, -0.05) is 0 Å². The van der Waals surface area contributed by atoms with Crippen LogP contribution < -0.4 is 15.0 Å². The number of fused-ring (bicyclic) bond motifs is 1. The summed E-state index contributed by atoms with van der Waals surface area (Å²) >= 11 is 0. The maximum atomic E-state index is 12.7. The zero-order valence-corrected chi connectivity index (χ0v) is 15.7. The highest BCUT2D eigenvalue weighted by atomic mass is 16.5. The molecule has 0 radical (unpaired) electrons. The Morgan fingerprint density at radius 2 is 2.07 bits per heavy atom. The number of benzene rings is 1. The largest absolute Gasteiger partial charge is 0.482 e. The zero-order chi connectivity index (χ0) is 19.8. The van der Waals surface area contributed by atoms with E-state index in [9.17, 15) is 14.4 Å². The van der Waals surface area contributed by atoms with Crippen LogP contribution in [0.4, 0.5) is 11.5 Å². The number of nitrogens with zero attached hydrogens (tertiary/aromatic N) is 4. The lowest BCUT2D eigenvalue weighted by Crippen LogP contribution is -2.54. The minimum absolute atomic E-state index is 0.00376. The quantitative estimate of drug-likeness (QED) is 0.849. The first-order valence-electron chi connectivity index (χ1n) is 9.13. The Kier molecular flexibility index (Phi) is 4.50. The van der Waals surface area contributed by atoms with Crippen molar-refractivity contribution in [1.29, 1.82) is 0 Å². The molecule has 3 amide bonds. The molecule has 0 atom stereocenters. The van der Waals surface area contributed by atoms with Crippen molar-refractivity contribution in [2.75, 3.05) is 37.0 Å². The van der Waals surface area contributed by atoms with E-state index in [0.29, 0.717) is 35.9 Å². The van der Waals surface area contributed by atoms with Crippen LogP contribution in [0.1, 0.15) is 17.3 Å². The SMILES string of the molecule is CCn1ccc(NC(=O)C2CN(C(=O)c3ccc4c(c3)N(C)C(=O)CO4)C2)n1. The van der Waals surface area contributed by atoms with Crippen molar-refractivity contribution in [2.24, 2.45) is 5.92 Å². The molecule has 0 aliphatic carbocycles. The molecule has 9 heteroatoms. The number of likely N-dealkylation sites (tertiary alicyclic amines) is 1. The summed E-state index contributed by atoms with van der Waals surface area (Å²) < 4.78 is 7.11. The molecule has 1 saturated heterocycles. The molecular weight excluding hydrogens is 362 g/mol. The van der Waals surface area contributed by atoms with Crippen LogP contribution in [0.25, 0.3) is 0 Å². The van der Waals surface area contributed by atoms with Crippen LogP contribution in [0, 0.1) is 5.92 Å². The lowest BCUT2D eigenvalue weighted by molar-refractivity contribution is -0.123. The van der Waals surface area contributed by atoms with Crippen molar-refractivity contribution >= 4 is 29.2 Å². The van der Waals surface area contributed by atoms with E-state index >= 15 is 0 Å². The van der Waals surface area contributed by atoms with Gasteiger partial charge >= 0.3 is 0 Å². The highest BCUT2D eigenvalue weighted by Crippen LogP contribution is 2.33. The second-order valence-electron chi connectivity index (χ2n) is 6.88. The number of hydrogen-bond donors (Lipinski definition) is 1. The number of aromatic nitrogens is 2. The number of anilines is 2. The van der Waals surface area contributed by atoms with E-state index in [1.165, 1.54) is 4.90 Å². The van der Waals surface area contributed by atoms with Gasteiger partial charge in [-0.2, -0.15) is 5.10 Å². The van der Waals surface area contributed by atoms with E-state index in [-0.39, 0.29) is 30.2 Å². The summed E-state index contributed by atoms with van der Waals surface area (Å²) in [5, 5.41) is 7.01. The molecule has 2 aromatic rings. The van der Waals surface area contributed by atoms with Crippen molar-refractivity contribution in [1.82, 2.24) is 14.7 Å². The molecule has 0 spiro atoms. The number of ether oxygens (including phenoxy) is 1.